The van der Waals surface area contributed by atoms with Gasteiger partial charge < -0.3 is 4.74 Å². The van der Waals surface area contributed by atoms with Gasteiger partial charge in [0.15, 0.2) is 0 Å². The highest BCUT2D eigenvalue weighted by molar-refractivity contribution is 9.10. The molecule has 1 fully saturated rings. The van der Waals surface area contributed by atoms with Gasteiger partial charge in [-0.25, -0.2) is 4.39 Å². The quantitative estimate of drug-likeness (QED) is 0.578. The van der Waals surface area contributed by atoms with E-state index >= 15 is 0 Å². The van der Waals surface area contributed by atoms with Crippen LogP contribution in [0.5, 0.6) is 5.75 Å². The Labute approximate surface area is 170 Å². The summed E-state index contributed by atoms with van der Waals surface area (Å²) in [4.78, 5) is 14.0. The van der Waals surface area contributed by atoms with Crippen LogP contribution in [0.4, 0.5) is 4.39 Å². The molecule has 136 valence electrons. The van der Waals surface area contributed by atoms with Gasteiger partial charge in [0.25, 0.3) is 0 Å². The first-order valence-corrected chi connectivity index (χ1v) is 10.2. The summed E-state index contributed by atoms with van der Waals surface area (Å²) >= 11 is 10.2. The Morgan fingerprint density at radius 3 is 2.73 bits per heavy atom. The molecule has 0 N–H and O–H groups in total. The molecule has 0 aromatic heterocycles. The summed E-state index contributed by atoms with van der Waals surface area (Å²) in [6, 6.07) is 12.1. The van der Waals surface area contributed by atoms with E-state index in [9.17, 15) is 9.18 Å². The van der Waals surface area contributed by atoms with E-state index in [0.29, 0.717) is 23.0 Å². The van der Waals surface area contributed by atoms with Crippen LogP contribution in [-0.4, -0.2) is 26.9 Å². The Morgan fingerprint density at radius 2 is 2.08 bits per heavy atom. The van der Waals surface area contributed by atoms with Crippen molar-refractivity contribution in [3.05, 3.63) is 63.9 Å². The van der Waals surface area contributed by atoms with Crippen molar-refractivity contribution in [2.75, 3.05) is 6.54 Å². The molecule has 1 saturated heterocycles. The summed E-state index contributed by atoms with van der Waals surface area (Å²) in [5, 5.41) is -0.173. The van der Waals surface area contributed by atoms with Crippen molar-refractivity contribution in [1.82, 2.24) is 4.90 Å². The number of carbonyl (C=O) groups excluding carboxylic acids is 1. The second-order valence-corrected chi connectivity index (χ2v) is 8.53. The number of benzene rings is 2. The summed E-state index contributed by atoms with van der Waals surface area (Å²) < 4.78 is 20.4. The highest BCUT2D eigenvalue weighted by Gasteiger charge is 2.35. The third-order valence-corrected chi connectivity index (χ3v) is 6.23. The Morgan fingerprint density at radius 1 is 1.27 bits per heavy atom. The summed E-state index contributed by atoms with van der Waals surface area (Å²) in [5.41, 5.74) is 1.80. The van der Waals surface area contributed by atoms with Crippen LogP contribution in [0.1, 0.15) is 18.1 Å². The minimum atomic E-state index is -0.279. The molecule has 0 unspecified atom stereocenters. The Hall–Kier alpha value is -1.44. The predicted molar refractivity (Wildman–Crippen MR) is 110 cm³/mol. The first-order chi connectivity index (χ1) is 12.5. The fourth-order valence-electron chi connectivity index (χ4n) is 2.70. The van der Waals surface area contributed by atoms with Crippen molar-refractivity contribution >= 4 is 50.1 Å². The molecule has 0 bridgehead atoms. The van der Waals surface area contributed by atoms with E-state index in [-0.39, 0.29) is 23.6 Å². The van der Waals surface area contributed by atoms with Gasteiger partial charge in [-0.2, -0.15) is 0 Å². The van der Waals surface area contributed by atoms with Crippen molar-refractivity contribution in [2.45, 2.75) is 25.2 Å². The fourth-order valence-corrected chi connectivity index (χ4v) is 4.91. The van der Waals surface area contributed by atoms with E-state index in [2.05, 4.69) is 15.9 Å². The maximum atomic E-state index is 13.2. The number of carbonyl (C=O) groups is 1. The van der Waals surface area contributed by atoms with Gasteiger partial charge in [0.1, 0.15) is 22.5 Å². The Balaban J connectivity index is 1.64. The predicted octanol–water partition coefficient (Wildman–Crippen LogP) is 4.96. The lowest BCUT2D eigenvalue weighted by Crippen LogP contribution is -2.31. The number of nitrogens with zero attached hydrogens (tertiary/aromatic N) is 1. The average molecular weight is 454 g/mol. The zero-order valence-electron chi connectivity index (χ0n) is 14.1. The molecule has 26 heavy (non-hydrogen) atoms. The molecule has 1 heterocycles. The zero-order chi connectivity index (χ0) is 18.7. The lowest BCUT2D eigenvalue weighted by Gasteiger charge is -2.13. The largest absolute Gasteiger partial charge is 0.488 e. The van der Waals surface area contributed by atoms with Crippen molar-refractivity contribution in [1.29, 1.82) is 0 Å². The lowest BCUT2D eigenvalue weighted by atomic mass is 10.1. The molecular weight excluding hydrogens is 437 g/mol. The van der Waals surface area contributed by atoms with Crippen LogP contribution in [0.25, 0.3) is 0 Å². The monoisotopic (exact) mass is 453 g/mol. The molecule has 0 spiro atoms. The van der Waals surface area contributed by atoms with Gasteiger partial charge in [-0.05, 0) is 64.7 Å². The number of halogens is 2. The van der Waals surface area contributed by atoms with Gasteiger partial charge in [-0.1, -0.05) is 42.2 Å². The van der Waals surface area contributed by atoms with Gasteiger partial charge in [0, 0.05) is 6.54 Å². The van der Waals surface area contributed by atoms with Crippen LogP contribution < -0.4 is 4.74 Å². The van der Waals surface area contributed by atoms with E-state index in [1.54, 1.807) is 11.0 Å². The van der Waals surface area contributed by atoms with Crippen molar-refractivity contribution < 1.29 is 13.9 Å². The van der Waals surface area contributed by atoms with E-state index < -0.39 is 0 Å². The van der Waals surface area contributed by atoms with Crippen molar-refractivity contribution in [3.63, 3.8) is 0 Å². The zero-order valence-corrected chi connectivity index (χ0v) is 17.3. The summed E-state index contributed by atoms with van der Waals surface area (Å²) in [7, 11) is 0. The van der Waals surface area contributed by atoms with E-state index in [1.807, 2.05) is 31.2 Å². The number of thioether (sulfide) groups is 1. The van der Waals surface area contributed by atoms with Crippen LogP contribution in [0.2, 0.25) is 0 Å². The van der Waals surface area contributed by atoms with Crippen molar-refractivity contribution in [2.24, 2.45) is 0 Å². The van der Waals surface area contributed by atoms with Gasteiger partial charge in [0.05, 0.1) is 9.72 Å². The molecule has 0 radical (unpaired) electrons. The van der Waals surface area contributed by atoms with Crippen LogP contribution in [0.3, 0.4) is 0 Å². The van der Waals surface area contributed by atoms with Crippen molar-refractivity contribution in [3.8, 4) is 5.75 Å². The maximum absolute atomic E-state index is 13.2. The van der Waals surface area contributed by atoms with Crippen LogP contribution in [0, 0.1) is 5.82 Å². The molecule has 3 nitrogen and oxygen atoms in total. The number of amides is 1. The molecule has 2 aromatic rings. The third-order valence-electron chi connectivity index (χ3n) is 4.02. The number of ether oxygens (including phenoxy) is 1. The summed E-state index contributed by atoms with van der Waals surface area (Å²) in [6.07, 6.45) is 0.614. The van der Waals surface area contributed by atoms with Crippen LogP contribution in [-0.2, 0) is 17.8 Å². The number of hydrogen-bond acceptors (Lipinski definition) is 4. The van der Waals surface area contributed by atoms with Gasteiger partial charge >= 0.3 is 0 Å². The summed E-state index contributed by atoms with van der Waals surface area (Å²) in [5.74, 6) is 0.470. The van der Waals surface area contributed by atoms with E-state index in [1.165, 1.54) is 23.9 Å². The minimum Gasteiger partial charge on any atom is -0.488 e. The molecule has 7 heteroatoms. The molecule has 0 saturated carbocycles. The van der Waals surface area contributed by atoms with E-state index in [4.69, 9.17) is 17.0 Å². The number of hydrogen-bond donors (Lipinski definition) is 0. The second-order valence-electron chi connectivity index (χ2n) is 5.84. The first kappa shape index (κ1) is 19.3. The molecule has 1 atom stereocenters. The minimum absolute atomic E-state index is 0.0741. The molecule has 2 aromatic carbocycles. The van der Waals surface area contributed by atoms with E-state index in [0.717, 1.165) is 15.6 Å². The Bertz CT molecular complexity index is 846. The average Bonchev–Trinajstić information content (AvgIpc) is 2.87. The topological polar surface area (TPSA) is 29.5 Å². The highest BCUT2D eigenvalue weighted by atomic mass is 79.9. The maximum Gasteiger partial charge on any atom is 0.241 e. The highest BCUT2D eigenvalue weighted by Crippen LogP contribution is 2.32. The summed E-state index contributed by atoms with van der Waals surface area (Å²) in [6.45, 7) is 2.82. The molecule has 3 rings (SSSR count). The Kier molecular flexibility index (Phi) is 6.32. The first-order valence-electron chi connectivity index (χ1n) is 8.15. The fraction of sp³-hybridized carbons (Fsp3) is 0.263. The molecule has 0 aliphatic carbocycles. The van der Waals surface area contributed by atoms with Crippen LogP contribution in [0.15, 0.2) is 46.9 Å². The van der Waals surface area contributed by atoms with Gasteiger partial charge in [-0.15, -0.1) is 0 Å². The van der Waals surface area contributed by atoms with Gasteiger partial charge in [0.2, 0.25) is 5.91 Å². The number of thiocarbonyl (C=S) groups is 1. The van der Waals surface area contributed by atoms with Gasteiger partial charge in [-0.3, -0.25) is 9.69 Å². The van der Waals surface area contributed by atoms with Crippen LogP contribution >= 0.6 is 39.9 Å². The molecule has 1 aliphatic rings. The molecular formula is C19H17BrFNO2S2. The molecule has 1 amide bonds. The third kappa shape index (κ3) is 4.45. The number of rotatable bonds is 6. The molecule has 1 aliphatic heterocycles. The lowest BCUT2D eigenvalue weighted by molar-refractivity contribution is -0.125. The smallest absolute Gasteiger partial charge is 0.241 e. The normalized spacial score (nSPS) is 17.0. The standard InChI is InChI=1S/C19H17BrFNO2S2/c1-2-22-18(23)17(26-19(22)25)10-12-6-7-16(15(20)9-12)24-11-13-4-3-5-14(21)8-13/h3-9,17H,2,10-11H2,1H3/t17-/m1/s1. The second kappa shape index (κ2) is 8.50. The SMILES string of the molecule is CCN1C(=O)[C@@H](Cc2ccc(OCc3cccc(F)c3)c(Br)c2)SC1=S.